The number of para-hydroxylation sites is 1. The Balaban J connectivity index is 1.57. The Kier molecular flexibility index (Phi) is 4.02. The molecule has 1 aliphatic heterocycles. The van der Waals surface area contributed by atoms with Crippen LogP contribution in [0.5, 0.6) is 5.75 Å². The van der Waals surface area contributed by atoms with Crippen LogP contribution in [0.3, 0.4) is 0 Å². The predicted molar refractivity (Wildman–Crippen MR) is 81.3 cm³/mol. The third-order valence-electron chi connectivity index (χ3n) is 4.93. The average Bonchev–Trinajstić information content (AvgIpc) is 2.82. The monoisotopic (exact) mass is 274 g/mol. The maximum Gasteiger partial charge on any atom is 0.125 e. The summed E-state index contributed by atoms with van der Waals surface area (Å²) in [5.74, 6) is 1.04. The van der Waals surface area contributed by atoms with E-state index in [0.29, 0.717) is 6.61 Å². The van der Waals surface area contributed by atoms with Crippen molar-refractivity contribution in [3.8, 4) is 5.75 Å². The second-order valence-corrected chi connectivity index (χ2v) is 6.55. The molecule has 2 nitrogen and oxygen atoms in total. The maximum atomic E-state index is 6.37. The minimum absolute atomic E-state index is 0.201. The highest BCUT2D eigenvalue weighted by Gasteiger charge is 2.40. The van der Waals surface area contributed by atoms with Gasteiger partial charge in [0.2, 0.25) is 0 Å². The van der Waals surface area contributed by atoms with E-state index in [1.807, 2.05) is 0 Å². The average molecular weight is 274 g/mol. The van der Waals surface area contributed by atoms with Gasteiger partial charge in [0.05, 0.1) is 11.7 Å². The molecule has 0 bridgehead atoms. The summed E-state index contributed by atoms with van der Waals surface area (Å²) >= 11 is 0. The molecular formula is C18H26O2. The van der Waals surface area contributed by atoms with Crippen LogP contribution in [0.15, 0.2) is 18.2 Å². The van der Waals surface area contributed by atoms with Gasteiger partial charge in [-0.05, 0) is 50.7 Å². The molecule has 0 aromatic heterocycles. The van der Waals surface area contributed by atoms with E-state index >= 15 is 0 Å². The Morgan fingerprint density at radius 2 is 1.80 bits per heavy atom. The number of ether oxygens (including phenoxy) is 2. The fourth-order valence-electron chi connectivity index (χ4n) is 3.78. The molecule has 0 amide bonds. The Bertz CT molecular complexity index is 440. The molecule has 2 heteroatoms. The quantitative estimate of drug-likeness (QED) is 0.804. The van der Waals surface area contributed by atoms with E-state index in [0.717, 1.165) is 12.2 Å². The van der Waals surface area contributed by atoms with Crippen LogP contribution in [0.4, 0.5) is 0 Å². The van der Waals surface area contributed by atoms with E-state index in [2.05, 4.69) is 32.0 Å². The molecule has 20 heavy (non-hydrogen) atoms. The Hall–Kier alpha value is -1.02. The first-order valence-electron chi connectivity index (χ1n) is 8.05. The molecule has 1 atom stereocenters. The molecule has 0 radical (unpaired) electrons. The van der Waals surface area contributed by atoms with Gasteiger partial charge in [0, 0.05) is 0 Å². The zero-order valence-electron chi connectivity index (χ0n) is 12.8. The third-order valence-corrected chi connectivity index (χ3v) is 4.93. The zero-order chi connectivity index (χ0) is 14.0. The fourth-order valence-corrected chi connectivity index (χ4v) is 3.78. The summed E-state index contributed by atoms with van der Waals surface area (Å²) in [5, 5.41) is 0. The fraction of sp³-hybridized carbons (Fsp3) is 0.667. The predicted octanol–water partition coefficient (Wildman–Crippen LogP) is 4.56. The second kappa shape index (κ2) is 5.77. The minimum Gasteiger partial charge on any atom is -0.490 e. The van der Waals surface area contributed by atoms with E-state index in [-0.39, 0.29) is 11.7 Å². The number of hydrogen-bond donors (Lipinski definition) is 0. The van der Waals surface area contributed by atoms with Crippen LogP contribution < -0.4 is 4.74 Å². The van der Waals surface area contributed by atoms with Crippen molar-refractivity contribution in [2.75, 3.05) is 6.61 Å². The molecule has 0 N–H and O–H groups in total. The molecule has 2 fully saturated rings. The summed E-state index contributed by atoms with van der Waals surface area (Å²) in [6.45, 7) is 4.92. The molecule has 1 saturated carbocycles. The summed E-state index contributed by atoms with van der Waals surface area (Å²) in [6, 6.07) is 6.31. The van der Waals surface area contributed by atoms with Crippen LogP contribution >= 0.6 is 0 Å². The highest BCUT2D eigenvalue weighted by Crippen LogP contribution is 2.42. The number of rotatable bonds is 3. The molecule has 1 aromatic rings. The van der Waals surface area contributed by atoms with Crippen LogP contribution in [-0.2, 0) is 4.74 Å². The SMILES string of the molecule is Cc1cccc(C)c1OCC1CCC2(CCCCC2)O1. The Morgan fingerprint density at radius 3 is 2.50 bits per heavy atom. The van der Waals surface area contributed by atoms with Crippen molar-refractivity contribution in [1.29, 1.82) is 0 Å². The molecular weight excluding hydrogens is 248 g/mol. The molecule has 1 saturated heterocycles. The summed E-state index contributed by atoms with van der Waals surface area (Å²) in [6.07, 6.45) is 9.24. The molecule has 1 aliphatic carbocycles. The largest absolute Gasteiger partial charge is 0.490 e. The first-order valence-corrected chi connectivity index (χ1v) is 8.05. The van der Waals surface area contributed by atoms with Crippen molar-refractivity contribution in [2.45, 2.75) is 70.5 Å². The molecule has 2 aliphatic rings. The minimum atomic E-state index is 0.201. The lowest BCUT2D eigenvalue weighted by Crippen LogP contribution is -2.33. The maximum absolute atomic E-state index is 6.37. The Morgan fingerprint density at radius 1 is 1.10 bits per heavy atom. The van der Waals surface area contributed by atoms with Crippen LogP contribution in [-0.4, -0.2) is 18.3 Å². The van der Waals surface area contributed by atoms with E-state index in [9.17, 15) is 0 Å². The normalized spacial score (nSPS) is 25.0. The summed E-state index contributed by atoms with van der Waals surface area (Å²) in [5.41, 5.74) is 2.64. The molecule has 3 rings (SSSR count). The van der Waals surface area contributed by atoms with Crippen LogP contribution in [0.1, 0.15) is 56.1 Å². The van der Waals surface area contributed by atoms with Crippen molar-refractivity contribution >= 4 is 0 Å². The molecule has 1 unspecified atom stereocenters. The standard InChI is InChI=1S/C18H26O2/c1-14-7-6-8-15(2)17(14)19-13-16-9-12-18(20-16)10-4-3-5-11-18/h6-8,16H,3-5,9-13H2,1-2H3. The Labute approximate surface area is 122 Å². The number of aryl methyl sites for hydroxylation is 2. The topological polar surface area (TPSA) is 18.5 Å². The smallest absolute Gasteiger partial charge is 0.125 e. The lowest BCUT2D eigenvalue weighted by Gasteiger charge is -2.33. The highest BCUT2D eigenvalue weighted by atomic mass is 16.6. The van der Waals surface area contributed by atoms with Crippen molar-refractivity contribution < 1.29 is 9.47 Å². The van der Waals surface area contributed by atoms with Gasteiger partial charge in [-0.2, -0.15) is 0 Å². The molecule has 110 valence electrons. The van der Waals surface area contributed by atoms with Gasteiger partial charge in [-0.3, -0.25) is 0 Å². The molecule has 1 heterocycles. The van der Waals surface area contributed by atoms with Gasteiger partial charge in [-0.15, -0.1) is 0 Å². The lowest BCUT2D eigenvalue weighted by molar-refractivity contribution is -0.0749. The van der Waals surface area contributed by atoms with Gasteiger partial charge in [-0.25, -0.2) is 0 Å². The van der Waals surface area contributed by atoms with Gasteiger partial charge in [-0.1, -0.05) is 37.5 Å². The third kappa shape index (κ3) is 2.85. The van der Waals surface area contributed by atoms with Crippen molar-refractivity contribution in [3.63, 3.8) is 0 Å². The molecule has 1 aromatic carbocycles. The van der Waals surface area contributed by atoms with Crippen molar-refractivity contribution in [1.82, 2.24) is 0 Å². The van der Waals surface area contributed by atoms with Gasteiger partial charge in [0.25, 0.3) is 0 Å². The number of hydrogen-bond acceptors (Lipinski definition) is 2. The van der Waals surface area contributed by atoms with Gasteiger partial charge < -0.3 is 9.47 Å². The van der Waals surface area contributed by atoms with Crippen LogP contribution in [0.25, 0.3) is 0 Å². The molecule has 1 spiro atoms. The first kappa shape index (κ1) is 13.9. The van der Waals surface area contributed by atoms with Crippen molar-refractivity contribution in [3.05, 3.63) is 29.3 Å². The van der Waals surface area contributed by atoms with Crippen LogP contribution in [0.2, 0.25) is 0 Å². The van der Waals surface area contributed by atoms with Gasteiger partial charge >= 0.3 is 0 Å². The lowest BCUT2D eigenvalue weighted by atomic mass is 9.83. The van der Waals surface area contributed by atoms with Gasteiger partial charge in [0.1, 0.15) is 12.4 Å². The van der Waals surface area contributed by atoms with Crippen LogP contribution in [0, 0.1) is 13.8 Å². The second-order valence-electron chi connectivity index (χ2n) is 6.55. The summed E-state index contributed by atoms with van der Waals surface area (Å²) in [7, 11) is 0. The van der Waals surface area contributed by atoms with E-state index in [1.165, 1.54) is 49.7 Å². The van der Waals surface area contributed by atoms with Crippen molar-refractivity contribution in [2.24, 2.45) is 0 Å². The van der Waals surface area contributed by atoms with E-state index in [1.54, 1.807) is 0 Å². The zero-order valence-corrected chi connectivity index (χ0v) is 12.8. The van der Waals surface area contributed by atoms with Gasteiger partial charge in [0.15, 0.2) is 0 Å². The summed E-state index contributed by atoms with van der Waals surface area (Å²) in [4.78, 5) is 0. The number of benzene rings is 1. The first-order chi connectivity index (χ1) is 9.69. The summed E-state index contributed by atoms with van der Waals surface area (Å²) < 4.78 is 12.4. The van der Waals surface area contributed by atoms with E-state index < -0.39 is 0 Å². The van der Waals surface area contributed by atoms with E-state index in [4.69, 9.17) is 9.47 Å². The highest BCUT2D eigenvalue weighted by molar-refractivity contribution is 5.39.